The van der Waals surface area contributed by atoms with Crippen LogP contribution in [0.1, 0.15) is 112 Å². The molecule has 0 spiro atoms. The molecule has 0 aliphatic rings. The first kappa shape index (κ1) is 28.5. The maximum absolute atomic E-state index is 12.4. The third-order valence-corrected chi connectivity index (χ3v) is 5.32. The van der Waals surface area contributed by atoms with Crippen molar-refractivity contribution in [3.8, 4) is 0 Å². The Morgan fingerprint density at radius 3 is 1.36 bits per heavy atom. The van der Waals surface area contributed by atoms with E-state index in [-0.39, 0.29) is 0 Å². The number of rotatable bonds is 16. The van der Waals surface area contributed by atoms with E-state index in [0.29, 0.717) is 24.3 Å². The molecule has 0 saturated carbocycles. The van der Waals surface area contributed by atoms with Crippen molar-refractivity contribution in [2.24, 2.45) is 0 Å². The first-order chi connectivity index (χ1) is 16.2. The van der Waals surface area contributed by atoms with E-state index in [0.717, 1.165) is 25.7 Å². The molecule has 5 heteroatoms. The molecule has 5 nitrogen and oxygen atoms in total. The monoisotopic (exact) mass is 457 g/mol. The zero-order chi connectivity index (χ0) is 24.0. The Morgan fingerprint density at radius 2 is 1.00 bits per heavy atom. The Bertz CT molecular complexity index is 661. The van der Waals surface area contributed by atoms with E-state index in [1.807, 2.05) is 24.5 Å². The van der Waals surface area contributed by atoms with E-state index < -0.39 is 11.9 Å². The number of benzene rings is 1. The van der Waals surface area contributed by atoms with Gasteiger partial charge in [-0.25, -0.2) is 9.59 Å². The molecular formula is C28H43NO4. The SMILES string of the molecule is CCCCCCCCOC(=O)c1ccccc1C(=O)OCCCCCCCC.c1cc[nH]c1. The van der Waals surface area contributed by atoms with E-state index in [1.165, 1.54) is 51.4 Å². The van der Waals surface area contributed by atoms with Crippen molar-refractivity contribution in [1.29, 1.82) is 0 Å². The molecule has 1 N–H and O–H groups in total. The zero-order valence-corrected chi connectivity index (χ0v) is 20.7. The van der Waals surface area contributed by atoms with Crippen LogP contribution in [0.2, 0.25) is 0 Å². The molecule has 33 heavy (non-hydrogen) atoms. The summed E-state index contributed by atoms with van der Waals surface area (Å²) in [6.45, 7) is 5.17. The average molecular weight is 458 g/mol. The van der Waals surface area contributed by atoms with Crippen LogP contribution in [0.25, 0.3) is 0 Å². The molecule has 1 aromatic heterocycles. The van der Waals surface area contributed by atoms with Crippen LogP contribution >= 0.6 is 0 Å². The molecule has 2 rings (SSSR count). The minimum absolute atomic E-state index is 0.293. The second-order valence-electron chi connectivity index (χ2n) is 8.24. The van der Waals surface area contributed by atoms with Gasteiger partial charge in [-0.3, -0.25) is 0 Å². The van der Waals surface area contributed by atoms with Crippen LogP contribution in [-0.4, -0.2) is 30.1 Å². The fraction of sp³-hybridized carbons (Fsp3) is 0.571. The Labute approximate surface area is 200 Å². The molecule has 0 radical (unpaired) electrons. The van der Waals surface area contributed by atoms with Gasteiger partial charge in [-0.1, -0.05) is 90.2 Å². The molecule has 1 aromatic carbocycles. The second-order valence-corrected chi connectivity index (χ2v) is 8.24. The van der Waals surface area contributed by atoms with E-state index in [1.54, 1.807) is 24.3 Å². The molecule has 0 unspecified atom stereocenters. The molecule has 0 bridgehead atoms. The summed E-state index contributed by atoms with van der Waals surface area (Å²) in [6.07, 6.45) is 17.4. The predicted molar refractivity (Wildman–Crippen MR) is 135 cm³/mol. The van der Waals surface area contributed by atoms with Crippen LogP contribution in [0.5, 0.6) is 0 Å². The van der Waals surface area contributed by atoms with Gasteiger partial charge in [0, 0.05) is 12.4 Å². The quantitative estimate of drug-likeness (QED) is 0.207. The van der Waals surface area contributed by atoms with Crippen molar-refractivity contribution in [3.63, 3.8) is 0 Å². The molecule has 2 aromatic rings. The van der Waals surface area contributed by atoms with Crippen LogP contribution in [-0.2, 0) is 9.47 Å². The largest absolute Gasteiger partial charge is 0.462 e. The van der Waals surface area contributed by atoms with Crippen LogP contribution < -0.4 is 0 Å². The van der Waals surface area contributed by atoms with Gasteiger partial charge in [0.2, 0.25) is 0 Å². The summed E-state index contributed by atoms with van der Waals surface area (Å²) < 4.78 is 10.7. The fourth-order valence-electron chi connectivity index (χ4n) is 3.37. The van der Waals surface area contributed by atoms with Gasteiger partial charge in [-0.15, -0.1) is 0 Å². The lowest BCUT2D eigenvalue weighted by Gasteiger charge is -2.10. The molecule has 184 valence electrons. The summed E-state index contributed by atoms with van der Waals surface area (Å²) in [6, 6.07) is 10.6. The standard InChI is InChI=1S/C24H38O4.C4H5N/c1-3-5-7-9-11-15-19-27-23(25)21-17-13-14-18-22(21)24(26)28-20-16-12-10-8-6-4-2;1-2-4-5-3-1/h13-14,17-18H,3-12,15-16,19-20H2,1-2H3;1-5H. The van der Waals surface area contributed by atoms with Crippen LogP contribution in [0.15, 0.2) is 48.8 Å². The van der Waals surface area contributed by atoms with Gasteiger partial charge in [0.05, 0.1) is 24.3 Å². The van der Waals surface area contributed by atoms with E-state index in [4.69, 9.17) is 9.47 Å². The highest BCUT2D eigenvalue weighted by molar-refractivity contribution is 6.03. The minimum atomic E-state index is -0.444. The van der Waals surface area contributed by atoms with Crippen molar-refractivity contribution in [1.82, 2.24) is 4.98 Å². The van der Waals surface area contributed by atoms with Crippen molar-refractivity contribution in [2.45, 2.75) is 90.9 Å². The van der Waals surface area contributed by atoms with Crippen LogP contribution in [0.3, 0.4) is 0 Å². The zero-order valence-electron chi connectivity index (χ0n) is 20.7. The van der Waals surface area contributed by atoms with Gasteiger partial charge >= 0.3 is 11.9 Å². The lowest BCUT2D eigenvalue weighted by Crippen LogP contribution is -2.15. The highest BCUT2D eigenvalue weighted by atomic mass is 16.5. The molecule has 0 aliphatic carbocycles. The predicted octanol–water partition coefficient (Wildman–Crippen LogP) is 7.74. The third-order valence-electron chi connectivity index (χ3n) is 5.32. The van der Waals surface area contributed by atoms with Gasteiger partial charge in [-0.2, -0.15) is 0 Å². The highest BCUT2D eigenvalue weighted by Gasteiger charge is 2.18. The number of ether oxygens (including phenoxy) is 2. The first-order valence-corrected chi connectivity index (χ1v) is 12.7. The molecule has 0 fully saturated rings. The average Bonchev–Trinajstić information content (AvgIpc) is 3.43. The summed E-state index contributed by atoms with van der Waals surface area (Å²) in [7, 11) is 0. The number of aromatic amines is 1. The van der Waals surface area contributed by atoms with Crippen molar-refractivity contribution in [3.05, 3.63) is 59.9 Å². The summed E-state index contributed by atoms with van der Waals surface area (Å²) in [5.41, 5.74) is 0.586. The Hall–Kier alpha value is -2.56. The Balaban J connectivity index is 0.000000953. The van der Waals surface area contributed by atoms with Crippen molar-refractivity contribution >= 4 is 11.9 Å². The lowest BCUT2D eigenvalue weighted by molar-refractivity contribution is 0.0450. The number of hydrogen-bond donors (Lipinski definition) is 1. The normalized spacial score (nSPS) is 10.2. The van der Waals surface area contributed by atoms with E-state index in [2.05, 4.69) is 18.8 Å². The van der Waals surface area contributed by atoms with Gasteiger partial charge in [-0.05, 0) is 37.1 Å². The maximum atomic E-state index is 12.4. The molecule has 0 atom stereocenters. The maximum Gasteiger partial charge on any atom is 0.339 e. The summed E-state index contributed by atoms with van der Waals surface area (Å²) >= 11 is 0. The highest BCUT2D eigenvalue weighted by Crippen LogP contribution is 2.14. The van der Waals surface area contributed by atoms with E-state index >= 15 is 0 Å². The lowest BCUT2D eigenvalue weighted by atomic mass is 10.1. The Kier molecular flexibility index (Phi) is 17.3. The van der Waals surface area contributed by atoms with Crippen molar-refractivity contribution in [2.75, 3.05) is 13.2 Å². The van der Waals surface area contributed by atoms with Gasteiger partial charge in [0.15, 0.2) is 0 Å². The smallest absolute Gasteiger partial charge is 0.339 e. The third kappa shape index (κ3) is 14.3. The minimum Gasteiger partial charge on any atom is -0.462 e. The summed E-state index contributed by atoms with van der Waals surface area (Å²) in [4.78, 5) is 27.6. The number of carbonyl (C=O) groups excluding carboxylic acids is 2. The summed E-state index contributed by atoms with van der Waals surface area (Å²) in [5, 5.41) is 0. The van der Waals surface area contributed by atoms with Gasteiger partial charge in [0.25, 0.3) is 0 Å². The molecule has 1 heterocycles. The number of hydrogen-bond acceptors (Lipinski definition) is 4. The fourth-order valence-corrected chi connectivity index (χ4v) is 3.37. The number of unbranched alkanes of at least 4 members (excludes halogenated alkanes) is 10. The molecule has 0 amide bonds. The first-order valence-electron chi connectivity index (χ1n) is 12.7. The number of esters is 2. The number of nitrogens with one attached hydrogen (secondary N) is 1. The van der Waals surface area contributed by atoms with Crippen LogP contribution in [0, 0.1) is 0 Å². The number of carbonyl (C=O) groups is 2. The van der Waals surface area contributed by atoms with Gasteiger partial charge < -0.3 is 14.5 Å². The molecular weight excluding hydrogens is 414 g/mol. The van der Waals surface area contributed by atoms with E-state index in [9.17, 15) is 9.59 Å². The van der Waals surface area contributed by atoms with Crippen molar-refractivity contribution < 1.29 is 19.1 Å². The van der Waals surface area contributed by atoms with Gasteiger partial charge in [0.1, 0.15) is 0 Å². The summed E-state index contributed by atoms with van der Waals surface area (Å²) in [5.74, 6) is -0.888. The molecule has 0 aliphatic heterocycles. The van der Waals surface area contributed by atoms with Crippen LogP contribution in [0.4, 0.5) is 0 Å². The second kappa shape index (κ2) is 20.1. The number of aromatic nitrogens is 1. The number of H-pyrrole nitrogens is 1. The Morgan fingerprint density at radius 1 is 0.606 bits per heavy atom. The topological polar surface area (TPSA) is 68.4 Å². The molecule has 0 saturated heterocycles.